The molecule has 2 heterocycles. The SMILES string of the molecule is CCC(CC)Oc1c(C)cnc2c1c(C)nn2-c1c(C)cc(C)cc1C. The Labute approximate surface area is 156 Å². The predicted octanol–water partition coefficient (Wildman–Crippen LogP) is 5.53. The Kier molecular flexibility index (Phi) is 5.03. The van der Waals surface area contributed by atoms with Gasteiger partial charge in [-0.1, -0.05) is 31.5 Å². The van der Waals surface area contributed by atoms with E-state index in [1.807, 2.05) is 17.8 Å². The quantitative estimate of drug-likeness (QED) is 0.607. The molecule has 4 nitrogen and oxygen atoms in total. The summed E-state index contributed by atoms with van der Waals surface area (Å²) >= 11 is 0. The summed E-state index contributed by atoms with van der Waals surface area (Å²) in [7, 11) is 0. The highest BCUT2D eigenvalue weighted by Crippen LogP contribution is 2.34. The molecule has 26 heavy (non-hydrogen) atoms. The fourth-order valence-corrected chi connectivity index (χ4v) is 3.75. The minimum Gasteiger partial charge on any atom is -0.489 e. The fourth-order valence-electron chi connectivity index (χ4n) is 3.75. The van der Waals surface area contributed by atoms with E-state index >= 15 is 0 Å². The van der Waals surface area contributed by atoms with Crippen LogP contribution < -0.4 is 4.74 Å². The maximum Gasteiger partial charge on any atom is 0.166 e. The Morgan fingerprint density at radius 1 is 0.962 bits per heavy atom. The van der Waals surface area contributed by atoms with E-state index in [0.717, 1.165) is 46.6 Å². The zero-order valence-corrected chi connectivity index (χ0v) is 17.0. The van der Waals surface area contributed by atoms with Gasteiger partial charge in [0, 0.05) is 11.8 Å². The number of hydrogen-bond acceptors (Lipinski definition) is 3. The van der Waals surface area contributed by atoms with E-state index in [9.17, 15) is 0 Å². The highest BCUT2D eigenvalue weighted by atomic mass is 16.5. The molecule has 0 unspecified atom stereocenters. The fraction of sp³-hybridized carbons (Fsp3) is 0.455. The molecule has 3 rings (SSSR count). The molecule has 0 radical (unpaired) electrons. The standard InChI is InChI=1S/C22H29N3O/c1-8-18(9-2)26-21-16(6)12-23-22-19(21)17(7)24-25(22)20-14(4)10-13(3)11-15(20)5/h10-12,18H,8-9H2,1-7H3. The Bertz CT molecular complexity index is 929. The van der Waals surface area contributed by atoms with E-state index in [4.69, 9.17) is 14.8 Å². The first-order valence-corrected chi connectivity index (χ1v) is 9.47. The van der Waals surface area contributed by atoms with Crippen molar-refractivity contribution in [2.45, 2.75) is 67.4 Å². The molecular weight excluding hydrogens is 322 g/mol. The zero-order chi connectivity index (χ0) is 19.0. The van der Waals surface area contributed by atoms with Gasteiger partial charge in [-0.2, -0.15) is 5.10 Å². The van der Waals surface area contributed by atoms with Crippen molar-refractivity contribution in [1.29, 1.82) is 0 Å². The van der Waals surface area contributed by atoms with E-state index in [2.05, 4.69) is 53.7 Å². The molecule has 3 aromatic rings. The summed E-state index contributed by atoms with van der Waals surface area (Å²) in [6, 6.07) is 4.39. The van der Waals surface area contributed by atoms with Crippen LogP contribution >= 0.6 is 0 Å². The number of benzene rings is 1. The van der Waals surface area contributed by atoms with E-state index in [1.165, 1.54) is 16.7 Å². The summed E-state index contributed by atoms with van der Waals surface area (Å²) in [4.78, 5) is 4.72. The van der Waals surface area contributed by atoms with Crippen LogP contribution in [0.5, 0.6) is 5.75 Å². The summed E-state index contributed by atoms with van der Waals surface area (Å²) in [6.45, 7) is 14.8. The molecule has 0 N–H and O–H groups in total. The topological polar surface area (TPSA) is 39.9 Å². The molecule has 0 spiro atoms. The van der Waals surface area contributed by atoms with Gasteiger partial charge in [-0.05, 0) is 58.6 Å². The molecule has 0 amide bonds. The first-order chi connectivity index (χ1) is 12.4. The van der Waals surface area contributed by atoms with Gasteiger partial charge in [0.2, 0.25) is 0 Å². The maximum absolute atomic E-state index is 6.37. The first-order valence-electron chi connectivity index (χ1n) is 9.47. The lowest BCUT2D eigenvalue weighted by Crippen LogP contribution is -2.14. The number of fused-ring (bicyclic) bond motifs is 1. The van der Waals surface area contributed by atoms with Gasteiger partial charge in [-0.15, -0.1) is 0 Å². The second kappa shape index (κ2) is 7.10. The largest absolute Gasteiger partial charge is 0.489 e. The Morgan fingerprint density at radius 3 is 2.15 bits per heavy atom. The second-order valence-corrected chi connectivity index (χ2v) is 7.27. The van der Waals surface area contributed by atoms with Crippen LogP contribution in [0.3, 0.4) is 0 Å². The van der Waals surface area contributed by atoms with Gasteiger partial charge >= 0.3 is 0 Å². The maximum atomic E-state index is 6.37. The van der Waals surface area contributed by atoms with Gasteiger partial charge < -0.3 is 4.74 Å². The predicted molar refractivity (Wildman–Crippen MR) is 108 cm³/mol. The molecular formula is C22H29N3O. The van der Waals surface area contributed by atoms with Crippen molar-refractivity contribution in [1.82, 2.24) is 14.8 Å². The third-order valence-electron chi connectivity index (χ3n) is 5.04. The number of rotatable bonds is 5. The van der Waals surface area contributed by atoms with Crippen LogP contribution in [-0.4, -0.2) is 20.9 Å². The summed E-state index contributed by atoms with van der Waals surface area (Å²) in [5.41, 5.74) is 7.66. The molecule has 4 heteroatoms. The molecule has 2 aromatic heterocycles. The van der Waals surface area contributed by atoms with Gasteiger partial charge in [-0.25, -0.2) is 9.67 Å². The first kappa shape index (κ1) is 18.4. The third kappa shape index (κ3) is 3.09. The molecule has 0 aliphatic rings. The average molecular weight is 351 g/mol. The van der Waals surface area contributed by atoms with Crippen LogP contribution in [0.25, 0.3) is 16.7 Å². The summed E-state index contributed by atoms with van der Waals surface area (Å²) in [5.74, 6) is 0.926. The van der Waals surface area contributed by atoms with Crippen LogP contribution in [-0.2, 0) is 0 Å². The lowest BCUT2D eigenvalue weighted by molar-refractivity contribution is 0.194. The van der Waals surface area contributed by atoms with Crippen LogP contribution in [0.15, 0.2) is 18.3 Å². The van der Waals surface area contributed by atoms with E-state index in [-0.39, 0.29) is 6.10 Å². The monoisotopic (exact) mass is 351 g/mol. The number of aromatic nitrogens is 3. The Hall–Kier alpha value is -2.36. The van der Waals surface area contributed by atoms with Crippen molar-refractivity contribution in [3.63, 3.8) is 0 Å². The number of ether oxygens (including phenoxy) is 1. The third-order valence-corrected chi connectivity index (χ3v) is 5.04. The average Bonchev–Trinajstić information content (AvgIpc) is 2.90. The molecule has 0 bridgehead atoms. The van der Waals surface area contributed by atoms with Crippen molar-refractivity contribution in [3.8, 4) is 11.4 Å². The minimum atomic E-state index is 0.213. The zero-order valence-electron chi connectivity index (χ0n) is 17.0. The molecule has 1 aromatic carbocycles. The number of nitrogens with zero attached hydrogens (tertiary/aromatic N) is 3. The summed E-state index contributed by atoms with van der Waals surface area (Å²) in [6.07, 6.45) is 4.09. The number of aryl methyl sites for hydroxylation is 5. The van der Waals surface area contributed by atoms with Gasteiger partial charge in [0.05, 0.1) is 22.9 Å². The van der Waals surface area contributed by atoms with Gasteiger partial charge in [0.1, 0.15) is 5.75 Å². The van der Waals surface area contributed by atoms with Crippen LogP contribution in [0.1, 0.15) is 54.6 Å². The molecule has 0 fully saturated rings. The van der Waals surface area contributed by atoms with Crippen molar-refractivity contribution in [2.75, 3.05) is 0 Å². The Morgan fingerprint density at radius 2 is 1.58 bits per heavy atom. The molecule has 0 saturated heterocycles. The summed E-state index contributed by atoms with van der Waals surface area (Å²) in [5, 5.41) is 5.87. The van der Waals surface area contributed by atoms with E-state index in [0.29, 0.717) is 0 Å². The van der Waals surface area contributed by atoms with Crippen molar-refractivity contribution >= 4 is 11.0 Å². The highest BCUT2D eigenvalue weighted by molar-refractivity contribution is 5.87. The van der Waals surface area contributed by atoms with Crippen molar-refractivity contribution < 1.29 is 4.74 Å². The van der Waals surface area contributed by atoms with Crippen molar-refractivity contribution in [3.05, 3.63) is 46.3 Å². The lowest BCUT2D eigenvalue weighted by Gasteiger charge is -2.18. The smallest absolute Gasteiger partial charge is 0.166 e. The number of hydrogen-bond donors (Lipinski definition) is 0. The normalized spacial score (nSPS) is 11.5. The molecule has 0 atom stereocenters. The van der Waals surface area contributed by atoms with Gasteiger partial charge in [0.15, 0.2) is 5.65 Å². The van der Waals surface area contributed by atoms with Crippen LogP contribution in [0.2, 0.25) is 0 Å². The minimum absolute atomic E-state index is 0.213. The highest BCUT2D eigenvalue weighted by Gasteiger charge is 2.20. The van der Waals surface area contributed by atoms with Crippen molar-refractivity contribution in [2.24, 2.45) is 0 Å². The lowest BCUT2D eigenvalue weighted by atomic mass is 10.1. The van der Waals surface area contributed by atoms with E-state index < -0.39 is 0 Å². The van der Waals surface area contributed by atoms with Gasteiger partial charge in [-0.3, -0.25) is 0 Å². The van der Waals surface area contributed by atoms with Gasteiger partial charge in [0.25, 0.3) is 0 Å². The second-order valence-electron chi connectivity index (χ2n) is 7.27. The molecule has 0 aliphatic heterocycles. The molecule has 0 saturated carbocycles. The molecule has 138 valence electrons. The van der Waals surface area contributed by atoms with Crippen LogP contribution in [0.4, 0.5) is 0 Å². The van der Waals surface area contributed by atoms with E-state index in [1.54, 1.807) is 0 Å². The van der Waals surface area contributed by atoms with Crippen LogP contribution in [0, 0.1) is 34.6 Å². The Balaban J connectivity index is 2.26. The molecule has 0 aliphatic carbocycles. The number of pyridine rings is 1. The summed E-state index contributed by atoms with van der Waals surface area (Å²) < 4.78 is 8.35.